The molecule has 0 amide bonds. The van der Waals surface area contributed by atoms with Gasteiger partial charge in [-0.1, -0.05) is 0 Å². The molecule has 1 fully saturated rings. The molecule has 1 saturated heterocycles. The van der Waals surface area contributed by atoms with E-state index in [4.69, 9.17) is 0 Å². The summed E-state index contributed by atoms with van der Waals surface area (Å²) in [6.07, 6.45) is 5.20. The molecule has 4 rings (SSSR count). The van der Waals surface area contributed by atoms with Crippen molar-refractivity contribution in [3.05, 3.63) is 48.5 Å². The summed E-state index contributed by atoms with van der Waals surface area (Å²) in [6, 6.07) is 8.69. The molecule has 0 saturated carbocycles. The van der Waals surface area contributed by atoms with Crippen LogP contribution >= 0.6 is 0 Å². The number of nitrogens with one attached hydrogen (secondary N) is 2. The number of hydrogen-bond donors (Lipinski definition) is 2. The summed E-state index contributed by atoms with van der Waals surface area (Å²) in [5.74, 6) is 0.727. The van der Waals surface area contributed by atoms with Gasteiger partial charge in [0.1, 0.15) is 11.6 Å². The molecule has 0 radical (unpaired) electrons. The van der Waals surface area contributed by atoms with Crippen molar-refractivity contribution in [1.82, 2.24) is 19.6 Å². The van der Waals surface area contributed by atoms with Crippen LogP contribution in [-0.4, -0.2) is 68.8 Å². The smallest absolute Gasteiger partial charge is 0.213 e. The summed E-state index contributed by atoms with van der Waals surface area (Å²) >= 11 is 0. The second kappa shape index (κ2) is 8.94. The molecule has 0 atom stereocenters. The number of anilines is 1. The second-order valence-corrected chi connectivity index (χ2v) is 10.2. The number of halogens is 1. The fraction of sp³-hybridized carbons (Fsp3) is 0.409. The van der Waals surface area contributed by atoms with Gasteiger partial charge in [0, 0.05) is 60.1 Å². The van der Waals surface area contributed by atoms with E-state index in [0.29, 0.717) is 6.54 Å². The molecule has 166 valence electrons. The molecule has 7 nitrogen and oxygen atoms in total. The molecular weight excluding hydrogens is 417 g/mol. The van der Waals surface area contributed by atoms with Crippen molar-refractivity contribution in [1.29, 1.82) is 0 Å². The van der Waals surface area contributed by atoms with Crippen molar-refractivity contribution < 1.29 is 12.8 Å². The highest BCUT2D eigenvalue weighted by molar-refractivity contribution is 7.89. The molecule has 3 aromatic rings. The van der Waals surface area contributed by atoms with E-state index in [-0.39, 0.29) is 17.6 Å². The lowest BCUT2D eigenvalue weighted by Gasteiger charge is -2.33. The van der Waals surface area contributed by atoms with Gasteiger partial charge < -0.3 is 14.8 Å². The molecule has 9 heteroatoms. The Morgan fingerprint density at radius 1 is 1.23 bits per heavy atom. The number of sulfonamides is 1. The molecule has 2 aromatic heterocycles. The quantitative estimate of drug-likeness (QED) is 0.585. The number of fused-ring (bicyclic) bond motifs is 1. The highest BCUT2D eigenvalue weighted by atomic mass is 32.2. The minimum absolute atomic E-state index is 0.0331. The second-order valence-electron chi connectivity index (χ2n) is 8.30. The lowest BCUT2D eigenvalue weighted by Crippen LogP contribution is -2.46. The van der Waals surface area contributed by atoms with Crippen LogP contribution in [0.4, 0.5) is 10.2 Å². The molecule has 0 spiro atoms. The Kier molecular flexibility index (Phi) is 6.27. The SMILES string of the molecule is CN(C)CCS(=O)(=O)NC1CCN(c2ccc(-c3c[nH]c4cc(F)ccc34)cn2)CC1. The fourth-order valence-corrected chi connectivity index (χ4v) is 5.38. The molecule has 1 aliphatic rings. The van der Waals surface area contributed by atoms with Gasteiger partial charge in [-0.15, -0.1) is 0 Å². The molecule has 0 unspecified atom stereocenters. The summed E-state index contributed by atoms with van der Waals surface area (Å²) < 4.78 is 40.7. The van der Waals surface area contributed by atoms with Crippen molar-refractivity contribution in [3.63, 3.8) is 0 Å². The summed E-state index contributed by atoms with van der Waals surface area (Å²) in [6.45, 7) is 2.01. The Balaban J connectivity index is 1.37. The minimum Gasteiger partial charge on any atom is -0.360 e. The average Bonchev–Trinajstić information content (AvgIpc) is 3.16. The van der Waals surface area contributed by atoms with E-state index in [2.05, 4.69) is 19.6 Å². The fourth-order valence-electron chi connectivity index (χ4n) is 3.91. The monoisotopic (exact) mass is 445 g/mol. The van der Waals surface area contributed by atoms with Crippen LogP contribution in [0.1, 0.15) is 12.8 Å². The Morgan fingerprint density at radius 3 is 2.68 bits per heavy atom. The minimum atomic E-state index is -3.26. The van der Waals surface area contributed by atoms with Gasteiger partial charge in [0.15, 0.2) is 0 Å². The van der Waals surface area contributed by atoms with Crippen molar-refractivity contribution in [2.75, 3.05) is 44.4 Å². The van der Waals surface area contributed by atoms with Gasteiger partial charge in [-0.2, -0.15) is 0 Å². The molecule has 1 aliphatic heterocycles. The van der Waals surface area contributed by atoms with E-state index in [0.717, 1.165) is 53.8 Å². The summed E-state index contributed by atoms with van der Waals surface area (Å²) in [5.41, 5.74) is 2.71. The van der Waals surface area contributed by atoms with Crippen LogP contribution in [0, 0.1) is 5.82 Å². The predicted molar refractivity (Wildman–Crippen MR) is 122 cm³/mol. The summed E-state index contributed by atoms with van der Waals surface area (Å²) in [4.78, 5) is 11.8. The van der Waals surface area contributed by atoms with Crippen LogP contribution in [0.3, 0.4) is 0 Å². The number of aromatic amines is 1. The zero-order valence-electron chi connectivity index (χ0n) is 17.8. The van der Waals surface area contributed by atoms with Crippen molar-refractivity contribution >= 4 is 26.7 Å². The first-order chi connectivity index (χ1) is 14.8. The van der Waals surface area contributed by atoms with Crippen LogP contribution < -0.4 is 9.62 Å². The van der Waals surface area contributed by atoms with Crippen molar-refractivity contribution in [3.8, 4) is 11.1 Å². The summed E-state index contributed by atoms with van der Waals surface area (Å²) in [7, 11) is 0.469. The van der Waals surface area contributed by atoms with Gasteiger partial charge in [-0.05, 0) is 57.3 Å². The van der Waals surface area contributed by atoms with Crippen LogP contribution in [0.2, 0.25) is 0 Å². The molecule has 0 bridgehead atoms. The predicted octanol–water partition coefficient (Wildman–Crippen LogP) is 2.82. The van der Waals surface area contributed by atoms with E-state index in [1.54, 1.807) is 6.07 Å². The first kappa shape index (κ1) is 21.7. The normalized spacial score (nSPS) is 15.8. The molecule has 0 aliphatic carbocycles. The molecule has 31 heavy (non-hydrogen) atoms. The van der Waals surface area contributed by atoms with E-state index in [1.807, 2.05) is 43.5 Å². The van der Waals surface area contributed by atoms with Crippen molar-refractivity contribution in [2.45, 2.75) is 18.9 Å². The Bertz CT molecular complexity index is 1140. The topological polar surface area (TPSA) is 81.3 Å². The van der Waals surface area contributed by atoms with Gasteiger partial charge in [-0.25, -0.2) is 22.5 Å². The number of H-pyrrole nitrogens is 1. The number of piperidine rings is 1. The number of aromatic nitrogens is 2. The first-order valence-electron chi connectivity index (χ1n) is 10.4. The number of hydrogen-bond acceptors (Lipinski definition) is 5. The van der Waals surface area contributed by atoms with Gasteiger partial charge in [0.2, 0.25) is 10.0 Å². The van der Waals surface area contributed by atoms with E-state index in [1.165, 1.54) is 12.1 Å². The summed E-state index contributed by atoms with van der Waals surface area (Å²) in [5, 5.41) is 0.957. The lowest BCUT2D eigenvalue weighted by atomic mass is 10.1. The highest BCUT2D eigenvalue weighted by Crippen LogP contribution is 2.30. The van der Waals surface area contributed by atoms with E-state index < -0.39 is 10.0 Å². The van der Waals surface area contributed by atoms with Crippen LogP contribution in [0.5, 0.6) is 0 Å². The standard InChI is InChI=1S/C22H28FN5O2S/c1-27(2)11-12-31(29,30)26-18-7-9-28(10-8-18)22-6-3-16(14-25-22)20-15-24-21-13-17(23)4-5-19(20)21/h3-6,13-15,18,24,26H,7-12H2,1-2H3. The Labute approximate surface area is 182 Å². The van der Waals surface area contributed by atoms with E-state index >= 15 is 0 Å². The van der Waals surface area contributed by atoms with Crippen LogP contribution in [0.15, 0.2) is 42.7 Å². The first-order valence-corrected chi connectivity index (χ1v) is 12.1. The van der Waals surface area contributed by atoms with Gasteiger partial charge >= 0.3 is 0 Å². The molecular formula is C22H28FN5O2S. The third-order valence-electron chi connectivity index (χ3n) is 5.68. The Hall–Kier alpha value is -2.49. The number of rotatable bonds is 7. The third-order valence-corrected chi connectivity index (χ3v) is 7.09. The number of pyridine rings is 1. The number of nitrogens with zero attached hydrogens (tertiary/aromatic N) is 3. The molecule has 3 heterocycles. The lowest BCUT2D eigenvalue weighted by molar-refractivity contribution is 0.425. The Morgan fingerprint density at radius 2 is 2.00 bits per heavy atom. The van der Waals surface area contributed by atoms with Gasteiger partial charge in [-0.3, -0.25) is 0 Å². The van der Waals surface area contributed by atoms with Crippen molar-refractivity contribution in [2.24, 2.45) is 0 Å². The zero-order valence-corrected chi connectivity index (χ0v) is 18.6. The van der Waals surface area contributed by atoms with E-state index in [9.17, 15) is 12.8 Å². The highest BCUT2D eigenvalue weighted by Gasteiger charge is 2.24. The largest absolute Gasteiger partial charge is 0.360 e. The van der Waals surface area contributed by atoms with Crippen LogP contribution in [-0.2, 0) is 10.0 Å². The zero-order chi connectivity index (χ0) is 22.0. The number of benzene rings is 1. The molecule has 2 N–H and O–H groups in total. The van der Waals surface area contributed by atoms with Gasteiger partial charge in [0.05, 0.1) is 5.75 Å². The van der Waals surface area contributed by atoms with Crippen LogP contribution in [0.25, 0.3) is 22.0 Å². The third kappa shape index (κ3) is 5.23. The molecule has 1 aromatic carbocycles. The average molecular weight is 446 g/mol. The maximum Gasteiger partial charge on any atom is 0.213 e. The van der Waals surface area contributed by atoms with Gasteiger partial charge in [0.25, 0.3) is 0 Å². The maximum absolute atomic E-state index is 13.4. The maximum atomic E-state index is 13.4.